The number of aryl methyl sites for hydroxylation is 1. The lowest BCUT2D eigenvalue weighted by molar-refractivity contribution is 0.525. The molecular formula is C18H21BrFN. The number of benzene rings is 2. The highest BCUT2D eigenvalue weighted by Crippen LogP contribution is 2.25. The molecule has 112 valence electrons. The van der Waals surface area contributed by atoms with Crippen LogP contribution in [0.2, 0.25) is 0 Å². The van der Waals surface area contributed by atoms with E-state index in [1.54, 1.807) is 6.07 Å². The summed E-state index contributed by atoms with van der Waals surface area (Å²) < 4.78 is 14.9. The van der Waals surface area contributed by atoms with Crippen LogP contribution in [0.4, 0.5) is 4.39 Å². The number of hydrogen-bond donors (Lipinski definition) is 1. The molecule has 0 amide bonds. The molecule has 21 heavy (non-hydrogen) atoms. The van der Waals surface area contributed by atoms with Crippen molar-refractivity contribution in [2.45, 2.75) is 32.7 Å². The quantitative estimate of drug-likeness (QED) is 0.769. The fraction of sp³-hybridized carbons (Fsp3) is 0.333. The summed E-state index contributed by atoms with van der Waals surface area (Å²) in [5.74, 6) is -0.143. The molecule has 0 aliphatic heterocycles. The van der Waals surface area contributed by atoms with Gasteiger partial charge in [0.05, 0.1) is 0 Å². The first-order chi connectivity index (χ1) is 10.2. The SMILES string of the molecule is CCNC(Cc1cc(Br)ccc1F)c1ccccc1CC. The molecule has 0 saturated heterocycles. The molecule has 2 rings (SSSR count). The van der Waals surface area contributed by atoms with Crippen LogP contribution in [0.5, 0.6) is 0 Å². The Morgan fingerprint density at radius 1 is 1.10 bits per heavy atom. The van der Waals surface area contributed by atoms with Crippen molar-refractivity contribution in [3.8, 4) is 0 Å². The lowest BCUT2D eigenvalue weighted by Gasteiger charge is -2.21. The highest BCUT2D eigenvalue weighted by atomic mass is 79.9. The Morgan fingerprint density at radius 2 is 1.86 bits per heavy atom. The number of hydrogen-bond acceptors (Lipinski definition) is 1. The summed E-state index contributed by atoms with van der Waals surface area (Å²) in [5.41, 5.74) is 3.32. The van der Waals surface area contributed by atoms with Gasteiger partial charge in [0.1, 0.15) is 5.82 Å². The number of likely N-dealkylation sites (N-methyl/N-ethyl adjacent to an activating group) is 1. The van der Waals surface area contributed by atoms with Crippen LogP contribution in [0.25, 0.3) is 0 Å². The van der Waals surface area contributed by atoms with Crippen LogP contribution in [-0.4, -0.2) is 6.54 Å². The fourth-order valence-corrected chi connectivity index (χ4v) is 3.06. The standard InChI is InChI=1S/C18H21BrFN/c1-3-13-7-5-6-8-16(13)18(21-4-2)12-14-11-15(19)9-10-17(14)20/h5-11,18,21H,3-4,12H2,1-2H3. The van der Waals surface area contributed by atoms with Gasteiger partial charge in [0.15, 0.2) is 0 Å². The van der Waals surface area contributed by atoms with Crippen molar-refractivity contribution in [1.29, 1.82) is 0 Å². The van der Waals surface area contributed by atoms with Crippen molar-refractivity contribution in [3.63, 3.8) is 0 Å². The average Bonchev–Trinajstić information content (AvgIpc) is 2.50. The van der Waals surface area contributed by atoms with E-state index in [0.717, 1.165) is 23.0 Å². The van der Waals surface area contributed by atoms with Crippen LogP contribution in [0.15, 0.2) is 46.9 Å². The van der Waals surface area contributed by atoms with Crippen LogP contribution in [0.1, 0.15) is 36.6 Å². The molecule has 0 radical (unpaired) electrons. The van der Waals surface area contributed by atoms with E-state index in [2.05, 4.69) is 59.4 Å². The number of halogens is 2. The normalized spacial score (nSPS) is 12.4. The van der Waals surface area contributed by atoms with Gasteiger partial charge in [0.2, 0.25) is 0 Å². The van der Waals surface area contributed by atoms with Crippen molar-refractivity contribution in [2.24, 2.45) is 0 Å². The molecule has 2 aromatic rings. The van der Waals surface area contributed by atoms with Gasteiger partial charge in [-0.25, -0.2) is 4.39 Å². The van der Waals surface area contributed by atoms with E-state index in [1.807, 2.05) is 6.07 Å². The third-order valence-electron chi connectivity index (χ3n) is 3.69. The molecule has 0 aliphatic carbocycles. The maximum absolute atomic E-state index is 14.0. The second-order valence-electron chi connectivity index (χ2n) is 5.10. The van der Waals surface area contributed by atoms with Crippen LogP contribution >= 0.6 is 15.9 Å². The zero-order valence-corrected chi connectivity index (χ0v) is 14.1. The summed E-state index contributed by atoms with van der Waals surface area (Å²) in [6.07, 6.45) is 1.63. The van der Waals surface area contributed by atoms with E-state index < -0.39 is 0 Å². The highest BCUT2D eigenvalue weighted by molar-refractivity contribution is 9.10. The van der Waals surface area contributed by atoms with Crippen molar-refractivity contribution in [1.82, 2.24) is 5.32 Å². The Kier molecular flexibility index (Phi) is 5.95. The van der Waals surface area contributed by atoms with Crippen LogP contribution in [0.3, 0.4) is 0 Å². The van der Waals surface area contributed by atoms with E-state index >= 15 is 0 Å². The lowest BCUT2D eigenvalue weighted by atomic mass is 9.93. The zero-order valence-electron chi connectivity index (χ0n) is 12.5. The summed E-state index contributed by atoms with van der Waals surface area (Å²) >= 11 is 3.42. The zero-order chi connectivity index (χ0) is 15.2. The van der Waals surface area contributed by atoms with E-state index in [9.17, 15) is 4.39 Å². The van der Waals surface area contributed by atoms with Gasteiger partial charge in [-0.2, -0.15) is 0 Å². The van der Waals surface area contributed by atoms with E-state index in [4.69, 9.17) is 0 Å². The molecule has 0 aromatic heterocycles. The van der Waals surface area contributed by atoms with Crippen molar-refractivity contribution < 1.29 is 4.39 Å². The molecule has 0 heterocycles. The van der Waals surface area contributed by atoms with Gasteiger partial charge in [-0.3, -0.25) is 0 Å². The molecule has 0 saturated carbocycles. The van der Waals surface area contributed by atoms with Gasteiger partial charge in [-0.05, 0) is 54.3 Å². The first-order valence-electron chi connectivity index (χ1n) is 7.40. The van der Waals surface area contributed by atoms with Crippen molar-refractivity contribution in [3.05, 3.63) is 69.4 Å². The predicted octanol–water partition coefficient (Wildman–Crippen LogP) is 5.04. The average molecular weight is 350 g/mol. The van der Waals surface area contributed by atoms with E-state index in [1.165, 1.54) is 17.2 Å². The minimum atomic E-state index is -0.143. The molecule has 0 bridgehead atoms. The largest absolute Gasteiger partial charge is 0.310 e. The summed E-state index contributed by atoms with van der Waals surface area (Å²) in [4.78, 5) is 0. The molecule has 1 unspecified atom stereocenters. The topological polar surface area (TPSA) is 12.0 Å². The Labute approximate surface area is 134 Å². The molecule has 1 N–H and O–H groups in total. The van der Waals surface area contributed by atoms with Crippen LogP contribution in [-0.2, 0) is 12.8 Å². The summed E-state index contributed by atoms with van der Waals surface area (Å²) in [6, 6.07) is 13.7. The fourth-order valence-electron chi connectivity index (χ4n) is 2.65. The van der Waals surface area contributed by atoms with Crippen molar-refractivity contribution >= 4 is 15.9 Å². The summed E-state index contributed by atoms with van der Waals surface area (Å²) in [5, 5.41) is 3.49. The third kappa shape index (κ3) is 4.14. The molecular weight excluding hydrogens is 329 g/mol. The Balaban J connectivity index is 2.33. The van der Waals surface area contributed by atoms with Gasteiger partial charge in [0.25, 0.3) is 0 Å². The van der Waals surface area contributed by atoms with E-state index in [-0.39, 0.29) is 11.9 Å². The Morgan fingerprint density at radius 3 is 2.57 bits per heavy atom. The first-order valence-corrected chi connectivity index (χ1v) is 8.20. The first kappa shape index (κ1) is 16.2. The maximum Gasteiger partial charge on any atom is 0.126 e. The predicted molar refractivity (Wildman–Crippen MR) is 90.0 cm³/mol. The molecule has 0 fully saturated rings. The van der Waals surface area contributed by atoms with Crippen LogP contribution < -0.4 is 5.32 Å². The lowest BCUT2D eigenvalue weighted by Crippen LogP contribution is -2.24. The Hall–Kier alpha value is -1.19. The maximum atomic E-state index is 14.0. The van der Waals surface area contributed by atoms with Gasteiger partial charge in [-0.15, -0.1) is 0 Å². The molecule has 0 aliphatic rings. The number of rotatable bonds is 6. The summed E-state index contributed by atoms with van der Waals surface area (Å²) in [7, 11) is 0. The molecule has 0 spiro atoms. The Bertz CT molecular complexity index is 598. The molecule has 3 heteroatoms. The summed E-state index contributed by atoms with van der Waals surface area (Å²) in [6.45, 7) is 5.10. The highest BCUT2D eigenvalue weighted by Gasteiger charge is 2.16. The number of nitrogens with one attached hydrogen (secondary N) is 1. The molecule has 2 aromatic carbocycles. The smallest absolute Gasteiger partial charge is 0.126 e. The van der Waals surface area contributed by atoms with Gasteiger partial charge in [0, 0.05) is 10.5 Å². The monoisotopic (exact) mass is 349 g/mol. The van der Waals surface area contributed by atoms with E-state index in [0.29, 0.717) is 6.42 Å². The van der Waals surface area contributed by atoms with Gasteiger partial charge >= 0.3 is 0 Å². The van der Waals surface area contributed by atoms with Crippen molar-refractivity contribution in [2.75, 3.05) is 6.54 Å². The second-order valence-corrected chi connectivity index (χ2v) is 6.02. The minimum absolute atomic E-state index is 0.134. The second kappa shape index (κ2) is 7.71. The molecule has 1 atom stereocenters. The molecule has 1 nitrogen and oxygen atoms in total. The van der Waals surface area contributed by atoms with Crippen LogP contribution in [0, 0.1) is 5.82 Å². The van der Waals surface area contributed by atoms with Gasteiger partial charge in [-0.1, -0.05) is 54.0 Å². The minimum Gasteiger partial charge on any atom is -0.310 e. The third-order valence-corrected chi connectivity index (χ3v) is 4.19. The van der Waals surface area contributed by atoms with Gasteiger partial charge < -0.3 is 5.32 Å².